The van der Waals surface area contributed by atoms with Gasteiger partial charge in [0.15, 0.2) is 11.0 Å². The maximum absolute atomic E-state index is 12.9. The van der Waals surface area contributed by atoms with E-state index >= 15 is 0 Å². The summed E-state index contributed by atoms with van der Waals surface area (Å²) in [6, 6.07) is 15.9. The van der Waals surface area contributed by atoms with Crippen LogP contribution < -0.4 is 5.32 Å². The molecule has 0 radical (unpaired) electrons. The molecule has 5 aromatic rings. The summed E-state index contributed by atoms with van der Waals surface area (Å²) in [6.07, 6.45) is -1.10. The largest absolute Gasteiger partial charge is 0.416 e. The lowest BCUT2D eigenvalue weighted by molar-refractivity contribution is -0.137. The van der Waals surface area contributed by atoms with Gasteiger partial charge in [-0.25, -0.2) is 4.98 Å². The van der Waals surface area contributed by atoms with Crippen LogP contribution in [0.25, 0.3) is 17.1 Å². The molecule has 0 fully saturated rings. The molecular weight excluding hydrogens is 569 g/mol. The third-order valence-corrected chi connectivity index (χ3v) is 7.66. The van der Waals surface area contributed by atoms with Crippen LogP contribution in [0.2, 0.25) is 5.02 Å². The summed E-state index contributed by atoms with van der Waals surface area (Å²) in [4.78, 5) is 21.0. The molecule has 0 saturated heterocycles. The number of pyridine rings is 1. The maximum atomic E-state index is 12.9. The first-order chi connectivity index (χ1) is 18.8. The van der Waals surface area contributed by atoms with Crippen molar-refractivity contribution in [2.45, 2.75) is 23.6 Å². The van der Waals surface area contributed by atoms with Crippen molar-refractivity contribution in [3.63, 3.8) is 0 Å². The fourth-order valence-corrected chi connectivity index (χ4v) is 5.57. The number of carbonyl (C=O) groups is 1. The second-order valence-corrected chi connectivity index (χ2v) is 10.5. The summed E-state index contributed by atoms with van der Waals surface area (Å²) < 4.78 is 40.7. The molecule has 13 heteroatoms. The third-order valence-electron chi connectivity index (χ3n) is 5.45. The number of nitrogens with one attached hydrogen (secondary N) is 1. The van der Waals surface area contributed by atoms with Crippen LogP contribution in [0, 0.1) is 0 Å². The Balaban J connectivity index is 1.29. The molecular formula is C26H18ClF3N6OS2. The van der Waals surface area contributed by atoms with E-state index in [9.17, 15) is 18.0 Å². The van der Waals surface area contributed by atoms with Gasteiger partial charge in [0.1, 0.15) is 10.7 Å². The lowest BCUT2D eigenvalue weighted by atomic mass is 10.1. The van der Waals surface area contributed by atoms with E-state index in [1.807, 2.05) is 34.9 Å². The van der Waals surface area contributed by atoms with E-state index in [4.69, 9.17) is 11.6 Å². The Bertz CT molecular complexity index is 1610. The van der Waals surface area contributed by atoms with Crippen molar-refractivity contribution < 1.29 is 18.0 Å². The monoisotopic (exact) mass is 586 g/mol. The van der Waals surface area contributed by atoms with Crippen molar-refractivity contribution in [2.75, 3.05) is 0 Å². The Morgan fingerprint density at radius 1 is 1.05 bits per heavy atom. The van der Waals surface area contributed by atoms with Crippen LogP contribution in [0.15, 0.2) is 83.6 Å². The number of halogens is 4. The summed E-state index contributed by atoms with van der Waals surface area (Å²) in [5, 5.41) is 14.8. The van der Waals surface area contributed by atoms with Gasteiger partial charge in [0, 0.05) is 34.9 Å². The number of hydrogen-bond donors (Lipinski definition) is 1. The topological polar surface area (TPSA) is 85.6 Å². The van der Waals surface area contributed by atoms with E-state index in [-0.39, 0.29) is 12.2 Å². The lowest BCUT2D eigenvalue weighted by Crippen LogP contribution is -2.23. The highest BCUT2D eigenvalue weighted by molar-refractivity contribution is 7.98. The molecule has 0 unspecified atom stereocenters. The zero-order valence-corrected chi connectivity index (χ0v) is 22.3. The van der Waals surface area contributed by atoms with E-state index in [1.54, 1.807) is 23.8 Å². The molecule has 0 aliphatic heterocycles. The number of benzene rings is 2. The molecule has 39 heavy (non-hydrogen) atoms. The zero-order chi connectivity index (χ0) is 27.4. The van der Waals surface area contributed by atoms with E-state index in [2.05, 4.69) is 25.5 Å². The molecule has 1 N–H and O–H groups in total. The first kappa shape index (κ1) is 26.9. The van der Waals surface area contributed by atoms with Gasteiger partial charge in [-0.2, -0.15) is 13.2 Å². The van der Waals surface area contributed by atoms with E-state index < -0.39 is 17.6 Å². The second kappa shape index (κ2) is 11.6. The standard InChI is InChI=1S/C26H18ClF3N6OS2/c27-19-5-2-6-20(12-19)36-23(17-7-9-31-10-8-17)34-35-25(36)39-15-22-33-21(14-38-22)24(37)32-13-16-3-1-4-18(11-16)26(28,29)30/h1-12,14H,13,15H2,(H,32,37). The summed E-state index contributed by atoms with van der Waals surface area (Å²) in [6.45, 7) is -0.0507. The summed E-state index contributed by atoms with van der Waals surface area (Å²) >= 11 is 8.94. The van der Waals surface area contributed by atoms with Crippen LogP contribution in [-0.4, -0.2) is 30.6 Å². The molecule has 0 bridgehead atoms. The first-order valence-corrected chi connectivity index (χ1v) is 13.7. The summed E-state index contributed by atoms with van der Waals surface area (Å²) in [5.74, 6) is 0.568. The van der Waals surface area contributed by atoms with Crippen molar-refractivity contribution in [1.82, 2.24) is 30.0 Å². The van der Waals surface area contributed by atoms with Gasteiger partial charge in [-0.1, -0.05) is 41.6 Å². The van der Waals surface area contributed by atoms with Crippen LogP contribution in [0.4, 0.5) is 13.2 Å². The molecule has 0 aliphatic carbocycles. The Labute approximate surface area is 234 Å². The number of alkyl halides is 3. The minimum Gasteiger partial charge on any atom is -0.347 e. The minimum atomic E-state index is -4.45. The molecule has 0 spiro atoms. The molecule has 2 aromatic carbocycles. The molecule has 5 rings (SSSR count). The first-order valence-electron chi connectivity index (χ1n) is 11.4. The summed E-state index contributed by atoms with van der Waals surface area (Å²) in [7, 11) is 0. The van der Waals surface area contributed by atoms with Crippen LogP contribution in [-0.2, 0) is 18.5 Å². The Morgan fingerprint density at radius 3 is 2.62 bits per heavy atom. The zero-order valence-electron chi connectivity index (χ0n) is 19.9. The maximum Gasteiger partial charge on any atom is 0.416 e. The van der Waals surface area contributed by atoms with Gasteiger partial charge in [0.2, 0.25) is 0 Å². The van der Waals surface area contributed by atoms with Gasteiger partial charge in [0.25, 0.3) is 5.91 Å². The normalized spacial score (nSPS) is 11.5. The van der Waals surface area contributed by atoms with Crippen LogP contribution in [0.1, 0.15) is 26.6 Å². The molecule has 3 heterocycles. The van der Waals surface area contributed by atoms with Crippen LogP contribution >= 0.6 is 34.7 Å². The highest BCUT2D eigenvalue weighted by Gasteiger charge is 2.30. The number of thiazole rings is 1. The van der Waals surface area contributed by atoms with Crippen LogP contribution in [0.3, 0.4) is 0 Å². The van der Waals surface area contributed by atoms with Gasteiger partial charge in [-0.05, 0) is 48.0 Å². The molecule has 3 aromatic heterocycles. The second-order valence-electron chi connectivity index (χ2n) is 8.15. The predicted molar refractivity (Wildman–Crippen MR) is 144 cm³/mol. The van der Waals surface area contributed by atoms with Gasteiger partial charge in [0.05, 0.1) is 17.0 Å². The Hall–Kier alpha value is -3.74. The molecule has 0 aliphatic rings. The van der Waals surface area contributed by atoms with Crippen molar-refractivity contribution in [3.8, 4) is 17.1 Å². The number of carbonyl (C=O) groups excluding carboxylic acids is 1. The lowest BCUT2D eigenvalue weighted by Gasteiger charge is -2.10. The highest BCUT2D eigenvalue weighted by Crippen LogP contribution is 2.31. The number of nitrogens with zero attached hydrogens (tertiary/aromatic N) is 5. The van der Waals surface area contributed by atoms with Crippen molar-refractivity contribution >= 4 is 40.6 Å². The minimum absolute atomic E-state index is 0.0507. The van der Waals surface area contributed by atoms with E-state index in [0.717, 1.165) is 23.4 Å². The predicted octanol–water partition coefficient (Wildman–Crippen LogP) is 6.68. The third kappa shape index (κ3) is 6.47. The van der Waals surface area contributed by atoms with Crippen molar-refractivity contribution in [1.29, 1.82) is 0 Å². The smallest absolute Gasteiger partial charge is 0.347 e. The molecule has 0 atom stereocenters. The van der Waals surface area contributed by atoms with Crippen molar-refractivity contribution in [2.24, 2.45) is 0 Å². The van der Waals surface area contributed by atoms with E-state index in [0.29, 0.717) is 32.3 Å². The number of hydrogen-bond acceptors (Lipinski definition) is 7. The van der Waals surface area contributed by atoms with Crippen LogP contribution in [0.5, 0.6) is 0 Å². The van der Waals surface area contributed by atoms with Gasteiger partial charge >= 0.3 is 6.18 Å². The molecule has 0 saturated carbocycles. The molecule has 198 valence electrons. The Morgan fingerprint density at radius 2 is 1.85 bits per heavy atom. The molecule has 1 amide bonds. The Kier molecular flexibility index (Phi) is 7.96. The highest BCUT2D eigenvalue weighted by atomic mass is 35.5. The fraction of sp³-hybridized carbons (Fsp3) is 0.115. The number of aromatic nitrogens is 5. The quantitative estimate of drug-likeness (QED) is 0.204. The number of rotatable bonds is 8. The van der Waals surface area contributed by atoms with E-state index in [1.165, 1.54) is 35.2 Å². The van der Waals surface area contributed by atoms with Gasteiger partial charge in [-0.15, -0.1) is 21.5 Å². The fourth-order valence-electron chi connectivity index (χ4n) is 3.64. The average molecular weight is 587 g/mol. The van der Waals surface area contributed by atoms with Gasteiger partial charge in [-0.3, -0.25) is 14.3 Å². The number of amides is 1. The average Bonchev–Trinajstić information content (AvgIpc) is 3.58. The number of thioether (sulfide) groups is 1. The van der Waals surface area contributed by atoms with Gasteiger partial charge < -0.3 is 5.32 Å². The SMILES string of the molecule is O=C(NCc1cccc(C(F)(F)F)c1)c1csc(CSc2nnc(-c3ccncc3)n2-c2cccc(Cl)c2)n1. The molecule has 7 nitrogen and oxygen atoms in total. The summed E-state index contributed by atoms with van der Waals surface area (Å²) in [5.41, 5.74) is 1.39. The van der Waals surface area contributed by atoms with Crippen molar-refractivity contribution in [3.05, 3.63) is 105 Å².